The molecule has 0 fully saturated rings. The molecule has 0 aliphatic carbocycles. The van der Waals surface area contributed by atoms with Crippen molar-refractivity contribution < 1.29 is 22.6 Å². The van der Waals surface area contributed by atoms with E-state index < -0.39 is 10.0 Å². The molecule has 0 aliphatic rings. The summed E-state index contributed by atoms with van der Waals surface area (Å²) in [5.41, 5.74) is 0. The zero-order chi connectivity index (χ0) is 14.7. The molecule has 0 amide bonds. The molecule has 0 saturated heterocycles. The molecule has 6 nitrogen and oxygen atoms in total. The van der Waals surface area contributed by atoms with Crippen LogP contribution in [0.2, 0.25) is 0 Å². The highest BCUT2D eigenvalue weighted by molar-refractivity contribution is 7.89. The van der Waals surface area contributed by atoms with Crippen LogP contribution >= 0.6 is 0 Å². The number of sulfonamides is 1. The SMILES string of the molecule is COCCOCCOCCNS(=O)(=O)c1ccccc1. The number of hydrogen-bond acceptors (Lipinski definition) is 5. The minimum atomic E-state index is -3.44. The molecule has 0 atom stereocenters. The summed E-state index contributed by atoms with van der Waals surface area (Å²) in [5.74, 6) is 0. The molecule has 0 aromatic heterocycles. The predicted molar refractivity (Wildman–Crippen MR) is 75.1 cm³/mol. The summed E-state index contributed by atoms with van der Waals surface area (Å²) in [6.45, 7) is 2.51. The Kier molecular flexibility index (Phi) is 8.40. The van der Waals surface area contributed by atoms with Gasteiger partial charge in [0.1, 0.15) is 0 Å². The van der Waals surface area contributed by atoms with Crippen LogP contribution < -0.4 is 4.72 Å². The van der Waals surface area contributed by atoms with E-state index in [4.69, 9.17) is 14.2 Å². The van der Waals surface area contributed by atoms with E-state index in [0.29, 0.717) is 33.0 Å². The van der Waals surface area contributed by atoms with Crippen molar-refractivity contribution >= 4 is 10.0 Å². The first kappa shape index (κ1) is 17.1. The molecule has 20 heavy (non-hydrogen) atoms. The van der Waals surface area contributed by atoms with Crippen LogP contribution in [0.5, 0.6) is 0 Å². The minimum absolute atomic E-state index is 0.231. The van der Waals surface area contributed by atoms with Gasteiger partial charge in [-0.1, -0.05) is 18.2 Å². The van der Waals surface area contributed by atoms with E-state index in [1.807, 2.05) is 0 Å². The molecule has 1 aromatic rings. The van der Waals surface area contributed by atoms with Gasteiger partial charge >= 0.3 is 0 Å². The van der Waals surface area contributed by atoms with E-state index in [2.05, 4.69) is 4.72 Å². The Morgan fingerprint density at radius 2 is 1.55 bits per heavy atom. The van der Waals surface area contributed by atoms with Crippen LogP contribution in [-0.2, 0) is 24.2 Å². The number of benzene rings is 1. The lowest BCUT2D eigenvalue weighted by Gasteiger charge is -2.08. The number of ether oxygens (including phenoxy) is 3. The Labute approximate surface area is 120 Å². The van der Waals surface area contributed by atoms with Crippen LogP contribution in [0.25, 0.3) is 0 Å². The summed E-state index contributed by atoms with van der Waals surface area (Å²) >= 11 is 0. The van der Waals surface area contributed by atoms with Gasteiger partial charge in [-0.3, -0.25) is 0 Å². The molecule has 1 N–H and O–H groups in total. The van der Waals surface area contributed by atoms with Gasteiger partial charge in [-0.15, -0.1) is 0 Å². The highest BCUT2D eigenvalue weighted by atomic mass is 32.2. The minimum Gasteiger partial charge on any atom is -0.382 e. The van der Waals surface area contributed by atoms with E-state index in [0.717, 1.165) is 0 Å². The molecule has 0 unspecified atom stereocenters. The van der Waals surface area contributed by atoms with Crippen molar-refractivity contribution in [1.82, 2.24) is 4.72 Å². The lowest BCUT2D eigenvalue weighted by atomic mass is 10.4. The van der Waals surface area contributed by atoms with Gasteiger partial charge in [-0.05, 0) is 12.1 Å². The first-order valence-electron chi connectivity index (χ1n) is 6.36. The van der Waals surface area contributed by atoms with E-state index >= 15 is 0 Å². The normalized spacial score (nSPS) is 11.7. The Balaban J connectivity index is 2.09. The van der Waals surface area contributed by atoms with Crippen LogP contribution in [0.15, 0.2) is 35.2 Å². The largest absolute Gasteiger partial charge is 0.382 e. The fourth-order valence-corrected chi connectivity index (χ4v) is 2.43. The summed E-state index contributed by atoms with van der Waals surface area (Å²) in [7, 11) is -1.83. The van der Waals surface area contributed by atoms with Gasteiger partial charge in [-0.25, -0.2) is 13.1 Å². The first-order valence-corrected chi connectivity index (χ1v) is 7.84. The van der Waals surface area contributed by atoms with Gasteiger partial charge in [0.05, 0.1) is 37.9 Å². The van der Waals surface area contributed by atoms with E-state index in [1.54, 1.807) is 37.4 Å². The molecule has 0 heterocycles. The first-order chi connectivity index (χ1) is 9.67. The zero-order valence-electron chi connectivity index (χ0n) is 11.6. The number of nitrogens with one attached hydrogen (secondary N) is 1. The van der Waals surface area contributed by atoms with E-state index in [1.165, 1.54) is 0 Å². The van der Waals surface area contributed by atoms with Crippen LogP contribution in [-0.4, -0.2) is 55.1 Å². The van der Waals surface area contributed by atoms with Crippen LogP contribution in [0.4, 0.5) is 0 Å². The number of hydrogen-bond donors (Lipinski definition) is 1. The Bertz CT molecular complexity index is 449. The second-order valence-corrected chi connectivity index (χ2v) is 5.70. The fourth-order valence-electron chi connectivity index (χ4n) is 1.40. The Morgan fingerprint density at radius 1 is 0.950 bits per heavy atom. The summed E-state index contributed by atoms with van der Waals surface area (Å²) in [4.78, 5) is 0.253. The van der Waals surface area contributed by atoms with Crippen LogP contribution in [0.1, 0.15) is 0 Å². The van der Waals surface area contributed by atoms with E-state index in [-0.39, 0.29) is 11.4 Å². The van der Waals surface area contributed by atoms with Crippen molar-refractivity contribution in [2.75, 3.05) is 46.7 Å². The molecule has 1 rings (SSSR count). The summed E-state index contributed by atoms with van der Waals surface area (Å²) in [6, 6.07) is 8.23. The van der Waals surface area contributed by atoms with Gasteiger partial charge in [0.25, 0.3) is 0 Å². The van der Waals surface area contributed by atoms with Crippen molar-refractivity contribution in [3.8, 4) is 0 Å². The molecular weight excluding hydrogens is 282 g/mol. The topological polar surface area (TPSA) is 73.9 Å². The number of methoxy groups -OCH3 is 1. The van der Waals surface area contributed by atoms with Gasteiger partial charge in [0.15, 0.2) is 0 Å². The fraction of sp³-hybridized carbons (Fsp3) is 0.538. The maximum atomic E-state index is 11.8. The van der Waals surface area contributed by atoms with Crippen molar-refractivity contribution in [3.63, 3.8) is 0 Å². The van der Waals surface area contributed by atoms with E-state index in [9.17, 15) is 8.42 Å². The third kappa shape index (κ3) is 6.97. The molecule has 0 bridgehead atoms. The Hall–Kier alpha value is -0.990. The average Bonchev–Trinajstić information content (AvgIpc) is 2.46. The quantitative estimate of drug-likeness (QED) is 0.607. The third-order valence-electron chi connectivity index (χ3n) is 2.40. The second kappa shape index (κ2) is 9.84. The van der Waals surface area contributed by atoms with Gasteiger partial charge < -0.3 is 14.2 Å². The molecule has 0 aliphatic heterocycles. The zero-order valence-corrected chi connectivity index (χ0v) is 12.4. The van der Waals surface area contributed by atoms with Gasteiger partial charge in [-0.2, -0.15) is 0 Å². The molecular formula is C13H21NO5S. The summed E-state index contributed by atoms with van der Waals surface area (Å²) in [5, 5.41) is 0. The number of rotatable bonds is 11. The van der Waals surface area contributed by atoms with Crippen molar-refractivity contribution in [3.05, 3.63) is 30.3 Å². The standard InChI is InChI=1S/C13H21NO5S/c1-17-9-10-19-12-11-18-8-7-14-20(15,16)13-5-3-2-4-6-13/h2-6,14H,7-12H2,1H3. The summed E-state index contributed by atoms with van der Waals surface area (Å²) < 4.78 is 41.4. The highest BCUT2D eigenvalue weighted by Crippen LogP contribution is 2.06. The smallest absolute Gasteiger partial charge is 0.240 e. The Morgan fingerprint density at radius 3 is 2.20 bits per heavy atom. The van der Waals surface area contributed by atoms with Crippen molar-refractivity contribution in [2.24, 2.45) is 0 Å². The van der Waals surface area contributed by atoms with Gasteiger partial charge in [0, 0.05) is 13.7 Å². The highest BCUT2D eigenvalue weighted by Gasteiger charge is 2.11. The molecule has 0 saturated carbocycles. The average molecular weight is 303 g/mol. The van der Waals surface area contributed by atoms with Gasteiger partial charge in [0.2, 0.25) is 10.0 Å². The molecule has 0 spiro atoms. The third-order valence-corrected chi connectivity index (χ3v) is 3.87. The second-order valence-electron chi connectivity index (χ2n) is 3.93. The van der Waals surface area contributed by atoms with Crippen LogP contribution in [0, 0.1) is 0 Å². The lowest BCUT2D eigenvalue weighted by molar-refractivity contribution is 0.0262. The molecule has 114 valence electrons. The lowest BCUT2D eigenvalue weighted by Crippen LogP contribution is -2.27. The molecule has 1 aromatic carbocycles. The molecule has 7 heteroatoms. The monoisotopic (exact) mass is 303 g/mol. The summed E-state index contributed by atoms with van der Waals surface area (Å²) in [6.07, 6.45) is 0. The van der Waals surface area contributed by atoms with Crippen LogP contribution in [0.3, 0.4) is 0 Å². The van der Waals surface area contributed by atoms with Crippen molar-refractivity contribution in [2.45, 2.75) is 4.90 Å². The van der Waals surface area contributed by atoms with Crippen molar-refractivity contribution in [1.29, 1.82) is 0 Å². The maximum Gasteiger partial charge on any atom is 0.240 e. The molecule has 0 radical (unpaired) electrons. The predicted octanol–water partition coefficient (Wildman–Crippen LogP) is 0.645. The maximum absolute atomic E-state index is 11.8.